The lowest BCUT2D eigenvalue weighted by molar-refractivity contribution is 0.736. The van der Waals surface area contributed by atoms with Crippen molar-refractivity contribution in [3.05, 3.63) is 30.1 Å². The highest BCUT2D eigenvalue weighted by Crippen LogP contribution is 2.14. The molecule has 0 saturated carbocycles. The average Bonchev–Trinajstić information content (AvgIpc) is 2.77. The number of H-pyrrole nitrogens is 1. The molecular weight excluding hydrogens is 230 g/mol. The van der Waals surface area contributed by atoms with Crippen molar-refractivity contribution in [1.82, 2.24) is 15.3 Å². The number of fused-ring (bicyclic) bond motifs is 1. The van der Waals surface area contributed by atoms with Crippen molar-refractivity contribution in [3.8, 4) is 12.3 Å². The summed E-state index contributed by atoms with van der Waals surface area (Å²) in [6.45, 7) is 1.83. The lowest BCUT2D eigenvalue weighted by Crippen LogP contribution is -2.16. The molecule has 0 aliphatic rings. The molecule has 2 aromatic rings. The maximum absolute atomic E-state index is 5.18. The van der Waals surface area contributed by atoms with E-state index in [0.717, 1.165) is 30.2 Å². The van der Waals surface area contributed by atoms with Gasteiger partial charge in [0.15, 0.2) is 0 Å². The lowest BCUT2D eigenvalue weighted by Gasteiger charge is -2.02. The van der Waals surface area contributed by atoms with Gasteiger partial charge in [0.05, 0.1) is 5.75 Å². The van der Waals surface area contributed by atoms with Gasteiger partial charge >= 0.3 is 0 Å². The fourth-order valence-corrected chi connectivity index (χ4v) is 2.21. The van der Waals surface area contributed by atoms with E-state index in [0.29, 0.717) is 0 Å². The minimum atomic E-state index is 0.790. The predicted octanol–water partition coefficient (Wildman–Crippen LogP) is 2.02. The van der Waals surface area contributed by atoms with Gasteiger partial charge in [0.1, 0.15) is 5.65 Å². The van der Waals surface area contributed by atoms with Crippen LogP contribution >= 0.6 is 11.8 Å². The number of terminal acetylenes is 1. The number of aromatic nitrogens is 2. The zero-order chi connectivity index (χ0) is 11.9. The maximum atomic E-state index is 5.18. The Morgan fingerprint density at radius 2 is 2.47 bits per heavy atom. The molecule has 0 aliphatic heterocycles. The quantitative estimate of drug-likeness (QED) is 0.604. The van der Waals surface area contributed by atoms with E-state index in [9.17, 15) is 0 Å². The number of hydrogen-bond acceptors (Lipinski definition) is 3. The van der Waals surface area contributed by atoms with Crippen LogP contribution in [0.1, 0.15) is 5.56 Å². The van der Waals surface area contributed by atoms with Crippen LogP contribution in [0.3, 0.4) is 0 Å². The van der Waals surface area contributed by atoms with Crippen molar-refractivity contribution in [2.75, 3.05) is 18.1 Å². The molecule has 0 atom stereocenters. The Hall–Kier alpha value is -1.44. The number of aromatic amines is 1. The predicted molar refractivity (Wildman–Crippen MR) is 74.0 cm³/mol. The van der Waals surface area contributed by atoms with Crippen molar-refractivity contribution in [2.24, 2.45) is 0 Å². The van der Waals surface area contributed by atoms with Crippen LogP contribution in [0.25, 0.3) is 11.0 Å². The molecular formula is C13H15N3S. The molecule has 0 fully saturated rings. The fourth-order valence-electron chi connectivity index (χ4n) is 1.66. The van der Waals surface area contributed by atoms with Crippen molar-refractivity contribution in [1.29, 1.82) is 0 Å². The van der Waals surface area contributed by atoms with Gasteiger partial charge in [0, 0.05) is 36.6 Å². The van der Waals surface area contributed by atoms with E-state index in [2.05, 4.69) is 27.3 Å². The van der Waals surface area contributed by atoms with Gasteiger partial charge in [0.2, 0.25) is 0 Å². The molecule has 0 unspecified atom stereocenters. The van der Waals surface area contributed by atoms with Crippen molar-refractivity contribution < 1.29 is 0 Å². The monoisotopic (exact) mass is 245 g/mol. The van der Waals surface area contributed by atoms with Gasteiger partial charge in [-0.3, -0.25) is 0 Å². The molecule has 2 N–H and O–H groups in total. The van der Waals surface area contributed by atoms with Crippen LogP contribution in [-0.4, -0.2) is 28.0 Å². The van der Waals surface area contributed by atoms with Crippen LogP contribution < -0.4 is 5.32 Å². The smallest absolute Gasteiger partial charge is 0.137 e. The molecule has 0 spiro atoms. The summed E-state index contributed by atoms with van der Waals surface area (Å²) < 4.78 is 0. The number of rotatable bonds is 6. The first kappa shape index (κ1) is 12.0. The highest BCUT2D eigenvalue weighted by atomic mass is 32.2. The SMILES string of the molecule is C#CCSCCNCc1c[nH]c2ncccc12. The number of nitrogens with zero attached hydrogens (tertiary/aromatic N) is 1. The van der Waals surface area contributed by atoms with Gasteiger partial charge in [-0.05, 0) is 17.7 Å². The van der Waals surface area contributed by atoms with Crippen LogP contribution in [0.2, 0.25) is 0 Å². The van der Waals surface area contributed by atoms with E-state index in [1.807, 2.05) is 12.3 Å². The number of thioether (sulfide) groups is 1. The van der Waals surface area contributed by atoms with E-state index >= 15 is 0 Å². The Bertz CT molecular complexity index is 513. The van der Waals surface area contributed by atoms with E-state index < -0.39 is 0 Å². The molecule has 0 bridgehead atoms. The molecule has 4 heteroatoms. The summed E-state index contributed by atoms with van der Waals surface area (Å²) in [6.07, 6.45) is 8.99. The molecule has 2 rings (SSSR count). The number of hydrogen-bond donors (Lipinski definition) is 2. The van der Waals surface area contributed by atoms with Gasteiger partial charge in [-0.25, -0.2) is 4.98 Å². The van der Waals surface area contributed by atoms with E-state index in [-0.39, 0.29) is 0 Å². The molecule has 3 nitrogen and oxygen atoms in total. The standard InChI is InChI=1S/C13H15N3S/c1-2-7-17-8-6-14-9-11-10-16-13-12(11)4-3-5-15-13/h1,3-5,10,14H,6-9H2,(H,15,16). The summed E-state index contributed by atoms with van der Waals surface area (Å²) in [5, 5.41) is 4.59. The van der Waals surface area contributed by atoms with Crippen LogP contribution in [-0.2, 0) is 6.54 Å². The van der Waals surface area contributed by atoms with Gasteiger partial charge in [0.25, 0.3) is 0 Å². The Morgan fingerprint density at radius 1 is 1.53 bits per heavy atom. The van der Waals surface area contributed by atoms with E-state index in [4.69, 9.17) is 6.42 Å². The normalized spacial score (nSPS) is 10.5. The molecule has 2 aromatic heterocycles. The average molecular weight is 245 g/mol. The third-order valence-electron chi connectivity index (χ3n) is 2.46. The Kier molecular flexibility index (Phi) is 4.48. The fraction of sp³-hybridized carbons (Fsp3) is 0.308. The second-order valence-electron chi connectivity index (χ2n) is 3.65. The first-order valence-corrected chi connectivity index (χ1v) is 6.70. The number of pyridine rings is 1. The van der Waals surface area contributed by atoms with Crippen LogP contribution in [0, 0.1) is 12.3 Å². The van der Waals surface area contributed by atoms with Crippen molar-refractivity contribution in [3.63, 3.8) is 0 Å². The molecule has 0 aromatic carbocycles. The zero-order valence-corrected chi connectivity index (χ0v) is 10.4. The van der Waals surface area contributed by atoms with Crippen molar-refractivity contribution in [2.45, 2.75) is 6.54 Å². The van der Waals surface area contributed by atoms with E-state index in [1.165, 1.54) is 10.9 Å². The summed E-state index contributed by atoms with van der Waals surface area (Å²) in [7, 11) is 0. The Labute approximate surface area is 105 Å². The Morgan fingerprint density at radius 3 is 3.35 bits per heavy atom. The summed E-state index contributed by atoms with van der Waals surface area (Å²) in [5.74, 6) is 4.46. The van der Waals surface area contributed by atoms with Crippen LogP contribution in [0.5, 0.6) is 0 Å². The molecule has 0 aliphatic carbocycles. The zero-order valence-electron chi connectivity index (χ0n) is 9.57. The molecule has 17 heavy (non-hydrogen) atoms. The third-order valence-corrected chi connectivity index (χ3v) is 3.32. The minimum absolute atomic E-state index is 0.790. The van der Waals surface area contributed by atoms with Crippen molar-refractivity contribution >= 4 is 22.8 Å². The van der Waals surface area contributed by atoms with Crippen LogP contribution in [0.15, 0.2) is 24.5 Å². The third kappa shape index (κ3) is 3.26. The summed E-state index contributed by atoms with van der Waals surface area (Å²) in [4.78, 5) is 7.43. The highest BCUT2D eigenvalue weighted by molar-refractivity contribution is 7.99. The second-order valence-corrected chi connectivity index (χ2v) is 4.75. The lowest BCUT2D eigenvalue weighted by atomic mass is 10.2. The topological polar surface area (TPSA) is 40.7 Å². The van der Waals surface area contributed by atoms with E-state index in [1.54, 1.807) is 18.0 Å². The van der Waals surface area contributed by atoms with Gasteiger partial charge in [-0.15, -0.1) is 18.2 Å². The molecule has 2 heterocycles. The molecule has 0 amide bonds. The molecule has 88 valence electrons. The van der Waals surface area contributed by atoms with Crippen LogP contribution in [0.4, 0.5) is 0 Å². The van der Waals surface area contributed by atoms with Gasteiger partial charge in [-0.2, -0.15) is 0 Å². The van der Waals surface area contributed by atoms with Gasteiger partial charge < -0.3 is 10.3 Å². The first-order chi connectivity index (χ1) is 8.42. The molecule has 0 saturated heterocycles. The minimum Gasteiger partial charge on any atom is -0.346 e. The summed E-state index contributed by atoms with van der Waals surface area (Å²) >= 11 is 1.78. The first-order valence-electron chi connectivity index (χ1n) is 5.54. The summed E-state index contributed by atoms with van der Waals surface area (Å²) in [6, 6.07) is 4.05. The second kappa shape index (κ2) is 6.33. The maximum Gasteiger partial charge on any atom is 0.137 e. The Balaban J connectivity index is 1.81. The number of nitrogens with one attached hydrogen (secondary N) is 2. The summed E-state index contributed by atoms with van der Waals surface area (Å²) in [5.41, 5.74) is 2.21. The van der Waals surface area contributed by atoms with Gasteiger partial charge in [-0.1, -0.05) is 5.92 Å². The largest absolute Gasteiger partial charge is 0.346 e. The molecule has 0 radical (unpaired) electrons. The highest BCUT2D eigenvalue weighted by Gasteiger charge is 2.02.